The Morgan fingerprint density at radius 3 is 2.92 bits per heavy atom. The minimum atomic E-state index is 0.562. The molecule has 3 fully saturated rings. The van der Waals surface area contributed by atoms with E-state index in [-0.39, 0.29) is 0 Å². The van der Waals surface area contributed by atoms with Crippen molar-refractivity contribution in [2.45, 2.75) is 24.4 Å². The second-order valence-electron chi connectivity index (χ2n) is 5.05. The van der Waals surface area contributed by atoms with E-state index in [9.17, 15) is 0 Å². The lowest BCUT2D eigenvalue weighted by molar-refractivity contribution is 0.0488. The number of hydrogen-bond acceptors (Lipinski definition) is 3. The third kappa shape index (κ3) is 1.39. The van der Waals surface area contributed by atoms with Crippen molar-refractivity contribution < 1.29 is 0 Å². The summed E-state index contributed by atoms with van der Waals surface area (Å²) in [6, 6.07) is 0.782. The van der Waals surface area contributed by atoms with Crippen LogP contribution in [0.1, 0.15) is 12.8 Å². The summed E-state index contributed by atoms with van der Waals surface area (Å²) in [5, 5.41) is 3.72. The quantitative estimate of drug-likeness (QED) is 0.555. The topological polar surface area (TPSA) is 18.5 Å². The van der Waals surface area contributed by atoms with Crippen LogP contribution in [0, 0.1) is 0 Å². The first-order chi connectivity index (χ1) is 6.27. The molecule has 0 amide bonds. The van der Waals surface area contributed by atoms with E-state index in [1.807, 2.05) is 0 Å². The number of rotatable bonds is 0. The Hall–Kier alpha value is -0.120. The molecule has 13 heavy (non-hydrogen) atoms. The van der Waals surface area contributed by atoms with Crippen LogP contribution in [0.2, 0.25) is 0 Å². The second kappa shape index (κ2) is 2.69. The van der Waals surface area contributed by atoms with Gasteiger partial charge in [0, 0.05) is 44.3 Å². The molecule has 0 aromatic carbocycles. The van der Waals surface area contributed by atoms with E-state index < -0.39 is 0 Å². The fourth-order valence-electron chi connectivity index (χ4n) is 2.71. The minimum absolute atomic E-state index is 0.562. The molecule has 2 heterocycles. The third-order valence-corrected chi connectivity index (χ3v) is 3.88. The number of nitrogens with zero attached hydrogens (tertiary/aromatic N) is 2. The Bertz CT molecular complexity index is 212. The number of piperazine rings is 2. The molecule has 3 rings (SSSR count). The van der Waals surface area contributed by atoms with Crippen molar-refractivity contribution in [3.8, 4) is 0 Å². The van der Waals surface area contributed by atoms with E-state index in [1.54, 1.807) is 0 Å². The maximum Gasteiger partial charge on any atom is 0.0349 e. The van der Waals surface area contributed by atoms with Gasteiger partial charge in [0.15, 0.2) is 0 Å². The van der Waals surface area contributed by atoms with E-state index in [0.717, 1.165) is 6.04 Å². The minimum Gasteiger partial charge on any atom is -0.308 e. The van der Waals surface area contributed by atoms with Gasteiger partial charge < -0.3 is 10.2 Å². The molecule has 1 saturated carbocycles. The highest BCUT2D eigenvalue weighted by Gasteiger charge is 2.48. The van der Waals surface area contributed by atoms with Crippen LogP contribution in [0.5, 0.6) is 0 Å². The van der Waals surface area contributed by atoms with Crippen molar-refractivity contribution in [2.24, 2.45) is 0 Å². The van der Waals surface area contributed by atoms with Gasteiger partial charge in [-0.25, -0.2) is 0 Å². The van der Waals surface area contributed by atoms with Crippen LogP contribution < -0.4 is 5.32 Å². The lowest BCUT2D eigenvalue weighted by atomic mass is 10.1. The van der Waals surface area contributed by atoms with Crippen LogP contribution >= 0.6 is 0 Å². The Kier molecular flexibility index (Phi) is 1.70. The lowest BCUT2D eigenvalue weighted by Gasteiger charge is -2.46. The molecule has 3 heteroatoms. The van der Waals surface area contributed by atoms with Gasteiger partial charge in [-0.2, -0.15) is 0 Å². The van der Waals surface area contributed by atoms with Crippen LogP contribution in [0.3, 0.4) is 0 Å². The summed E-state index contributed by atoms with van der Waals surface area (Å²) in [6.07, 6.45) is 2.82. The highest BCUT2D eigenvalue weighted by atomic mass is 15.3. The maximum absolute atomic E-state index is 3.72. The van der Waals surface area contributed by atoms with Crippen molar-refractivity contribution in [2.75, 3.05) is 39.8 Å². The first-order valence-electron chi connectivity index (χ1n) is 5.45. The molecule has 1 atom stereocenters. The highest BCUT2D eigenvalue weighted by Crippen LogP contribution is 2.38. The molecule has 3 aliphatic rings. The summed E-state index contributed by atoms with van der Waals surface area (Å²) in [6.45, 7) is 6.32. The first-order valence-corrected chi connectivity index (χ1v) is 5.45. The molecule has 0 radical (unpaired) electrons. The van der Waals surface area contributed by atoms with Crippen molar-refractivity contribution in [3.63, 3.8) is 0 Å². The highest BCUT2D eigenvalue weighted by molar-refractivity contribution is 5.09. The molecule has 3 nitrogen and oxygen atoms in total. The van der Waals surface area contributed by atoms with E-state index in [0.29, 0.717) is 5.54 Å². The Labute approximate surface area is 80.1 Å². The van der Waals surface area contributed by atoms with Gasteiger partial charge in [0.2, 0.25) is 0 Å². The van der Waals surface area contributed by atoms with E-state index >= 15 is 0 Å². The van der Waals surface area contributed by atoms with Crippen LogP contribution in [-0.2, 0) is 0 Å². The van der Waals surface area contributed by atoms with Gasteiger partial charge in [-0.05, 0) is 19.9 Å². The number of hydrogen-bond donors (Lipinski definition) is 1. The molecule has 1 unspecified atom stereocenters. The molecule has 2 saturated heterocycles. The number of nitrogens with one attached hydrogen (secondary N) is 1. The van der Waals surface area contributed by atoms with Crippen LogP contribution in [0.25, 0.3) is 0 Å². The average molecular weight is 181 g/mol. The lowest BCUT2D eigenvalue weighted by Crippen LogP contribution is -2.64. The third-order valence-electron chi connectivity index (χ3n) is 3.88. The van der Waals surface area contributed by atoms with E-state index in [4.69, 9.17) is 0 Å². The average Bonchev–Trinajstić information content (AvgIpc) is 2.87. The summed E-state index contributed by atoms with van der Waals surface area (Å²) in [4.78, 5) is 5.15. The Morgan fingerprint density at radius 2 is 2.15 bits per heavy atom. The molecule has 0 aromatic rings. The number of likely N-dealkylation sites (N-methyl/N-ethyl adjacent to an activating group) is 1. The molecule has 1 aliphatic carbocycles. The van der Waals surface area contributed by atoms with E-state index in [1.165, 1.54) is 45.6 Å². The van der Waals surface area contributed by atoms with Crippen LogP contribution in [0.4, 0.5) is 0 Å². The predicted molar refractivity (Wildman–Crippen MR) is 52.8 cm³/mol. The first kappa shape index (κ1) is 8.21. The Balaban J connectivity index is 1.68. The fraction of sp³-hybridized carbons (Fsp3) is 1.00. The van der Waals surface area contributed by atoms with Gasteiger partial charge in [-0.1, -0.05) is 0 Å². The maximum atomic E-state index is 3.72. The van der Waals surface area contributed by atoms with Gasteiger partial charge in [-0.15, -0.1) is 0 Å². The normalized spacial score (nSPS) is 39.0. The summed E-state index contributed by atoms with van der Waals surface area (Å²) in [5.74, 6) is 0. The van der Waals surface area contributed by atoms with Crippen molar-refractivity contribution >= 4 is 0 Å². The second-order valence-corrected chi connectivity index (χ2v) is 5.05. The van der Waals surface area contributed by atoms with Crippen LogP contribution in [0.15, 0.2) is 0 Å². The molecule has 0 bridgehead atoms. The zero-order valence-electron chi connectivity index (χ0n) is 8.42. The molecular formula is C10H19N3. The summed E-state index contributed by atoms with van der Waals surface area (Å²) >= 11 is 0. The molecule has 2 aliphatic heterocycles. The molecule has 74 valence electrons. The molecule has 1 N–H and O–H groups in total. The predicted octanol–water partition coefficient (Wildman–Crippen LogP) is -0.262. The van der Waals surface area contributed by atoms with Gasteiger partial charge in [-0.3, -0.25) is 4.90 Å². The summed E-state index contributed by atoms with van der Waals surface area (Å²) < 4.78 is 0. The smallest absolute Gasteiger partial charge is 0.0349 e. The van der Waals surface area contributed by atoms with Gasteiger partial charge >= 0.3 is 0 Å². The summed E-state index contributed by atoms with van der Waals surface area (Å²) in [5.41, 5.74) is 0.562. The number of fused-ring (bicyclic) bond motifs is 1. The van der Waals surface area contributed by atoms with Gasteiger partial charge in [0.25, 0.3) is 0 Å². The molecular weight excluding hydrogens is 162 g/mol. The van der Waals surface area contributed by atoms with Crippen molar-refractivity contribution in [3.05, 3.63) is 0 Å². The van der Waals surface area contributed by atoms with E-state index in [2.05, 4.69) is 22.2 Å². The monoisotopic (exact) mass is 181 g/mol. The Morgan fingerprint density at radius 1 is 1.31 bits per heavy atom. The molecule has 1 spiro atoms. The van der Waals surface area contributed by atoms with Crippen molar-refractivity contribution in [1.82, 2.24) is 15.1 Å². The van der Waals surface area contributed by atoms with Gasteiger partial charge in [0.1, 0.15) is 0 Å². The standard InChI is InChI=1S/C10H19N3/c1-12-4-5-13-8-10(2-3-10)11-6-9(13)7-12/h9,11H,2-8H2,1H3. The largest absolute Gasteiger partial charge is 0.308 e. The zero-order chi connectivity index (χ0) is 8.89. The van der Waals surface area contributed by atoms with Crippen molar-refractivity contribution in [1.29, 1.82) is 0 Å². The SMILES string of the molecule is CN1CCN2CC3(CC3)NCC2C1. The summed E-state index contributed by atoms with van der Waals surface area (Å²) in [7, 11) is 2.23. The molecule has 0 aromatic heterocycles. The fourth-order valence-corrected chi connectivity index (χ4v) is 2.71. The van der Waals surface area contributed by atoms with Gasteiger partial charge in [0.05, 0.1) is 0 Å². The van der Waals surface area contributed by atoms with Crippen LogP contribution in [-0.4, -0.2) is 61.2 Å². The zero-order valence-corrected chi connectivity index (χ0v) is 8.42.